The summed E-state index contributed by atoms with van der Waals surface area (Å²) < 4.78 is 7.31. The molecule has 5 aromatic carbocycles. The van der Waals surface area contributed by atoms with Crippen LogP contribution in [0.2, 0.25) is 0 Å². The molecule has 4 heteroatoms. The first-order valence-electron chi connectivity index (χ1n) is 14.1. The number of benzene rings is 5. The standard InChI is InChI=1S/C37H25N3S/c1-2-9-26(10-3-1)40-31-13-6-4-11-27(31)28-21-24(17-19-32(28)40)25-18-20-35-29(22-25)37-34(15-8-16-36(37)41-35)39-23-38-30-12-5-7-14-33(30)39/h1-16,18,20-23H,17,19H2. The lowest BCUT2D eigenvalue weighted by Crippen LogP contribution is -2.05. The van der Waals surface area contributed by atoms with Crippen LogP contribution in [0.25, 0.3) is 65.1 Å². The molecule has 9 rings (SSSR count). The number of allylic oxidation sites excluding steroid dienone is 1. The predicted octanol–water partition coefficient (Wildman–Crippen LogP) is 9.82. The van der Waals surface area contributed by atoms with E-state index in [9.17, 15) is 0 Å². The maximum absolute atomic E-state index is 4.68. The lowest BCUT2D eigenvalue weighted by atomic mass is 9.90. The van der Waals surface area contributed by atoms with E-state index >= 15 is 0 Å². The number of rotatable bonds is 3. The van der Waals surface area contributed by atoms with E-state index < -0.39 is 0 Å². The molecular formula is C37H25N3S. The zero-order chi connectivity index (χ0) is 26.9. The van der Waals surface area contributed by atoms with Crippen molar-refractivity contribution in [2.24, 2.45) is 0 Å². The second-order valence-electron chi connectivity index (χ2n) is 10.8. The van der Waals surface area contributed by atoms with Crippen LogP contribution in [0.15, 0.2) is 122 Å². The first-order valence-corrected chi connectivity index (χ1v) is 14.9. The number of thiophene rings is 1. The van der Waals surface area contributed by atoms with Crippen LogP contribution in [0, 0.1) is 0 Å². The molecule has 3 nitrogen and oxygen atoms in total. The van der Waals surface area contributed by atoms with Crippen molar-refractivity contribution in [2.75, 3.05) is 0 Å². The lowest BCUT2D eigenvalue weighted by molar-refractivity contribution is 0.898. The molecule has 0 N–H and O–H groups in total. The van der Waals surface area contributed by atoms with E-state index in [1.165, 1.54) is 64.8 Å². The molecule has 0 unspecified atom stereocenters. The van der Waals surface area contributed by atoms with Gasteiger partial charge in [0.2, 0.25) is 0 Å². The quantitative estimate of drug-likeness (QED) is 0.217. The Balaban J connectivity index is 1.24. The van der Waals surface area contributed by atoms with Gasteiger partial charge in [-0.15, -0.1) is 11.3 Å². The Bertz CT molecular complexity index is 2310. The van der Waals surface area contributed by atoms with Crippen LogP contribution in [-0.4, -0.2) is 14.1 Å². The van der Waals surface area contributed by atoms with Crippen LogP contribution in [0.5, 0.6) is 0 Å². The summed E-state index contributed by atoms with van der Waals surface area (Å²) in [5, 5.41) is 3.93. The topological polar surface area (TPSA) is 22.8 Å². The molecule has 0 amide bonds. The van der Waals surface area contributed by atoms with Crippen molar-refractivity contribution in [1.29, 1.82) is 0 Å². The zero-order valence-corrected chi connectivity index (χ0v) is 23.1. The molecule has 0 radical (unpaired) electrons. The van der Waals surface area contributed by atoms with E-state index in [0.29, 0.717) is 0 Å². The molecule has 1 aliphatic rings. The molecule has 0 spiro atoms. The van der Waals surface area contributed by atoms with Crippen molar-refractivity contribution in [3.8, 4) is 11.4 Å². The second-order valence-corrected chi connectivity index (χ2v) is 11.9. The Labute approximate surface area is 241 Å². The van der Waals surface area contributed by atoms with Gasteiger partial charge in [0.25, 0.3) is 0 Å². The van der Waals surface area contributed by atoms with Gasteiger partial charge in [0.15, 0.2) is 0 Å². The van der Waals surface area contributed by atoms with Crippen molar-refractivity contribution < 1.29 is 0 Å². The van der Waals surface area contributed by atoms with Gasteiger partial charge >= 0.3 is 0 Å². The molecule has 1 aliphatic carbocycles. The fraction of sp³-hybridized carbons (Fsp3) is 0.0541. The van der Waals surface area contributed by atoms with Gasteiger partial charge in [0, 0.05) is 42.5 Å². The first kappa shape index (κ1) is 22.8. The zero-order valence-electron chi connectivity index (χ0n) is 22.3. The predicted molar refractivity (Wildman–Crippen MR) is 173 cm³/mol. The van der Waals surface area contributed by atoms with Crippen molar-refractivity contribution in [2.45, 2.75) is 12.8 Å². The maximum atomic E-state index is 4.68. The minimum atomic E-state index is 1.01. The number of hydrogen-bond acceptors (Lipinski definition) is 2. The average molecular weight is 544 g/mol. The Hall–Kier alpha value is -4.93. The summed E-state index contributed by atoms with van der Waals surface area (Å²) in [6, 6.07) is 41.6. The van der Waals surface area contributed by atoms with E-state index in [0.717, 1.165) is 23.9 Å². The Kier molecular flexibility index (Phi) is 4.89. The highest BCUT2D eigenvalue weighted by Crippen LogP contribution is 2.42. The van der Waals surface area contributed by atoms with Gasteiger partial charge in [0.05, 0.1) is 22.2 Å². The van der Waals surface area contributed by atoms with Crippen LogP contribution < -0.4 is 0 Å². The molecule has 0 saturated heterocycles. The van der Waals surface area contributed by atoms with E-state index in [1.54, 1.807) is 0 Å². The van der Waals surface area contributed by atoms with E-state index in [-0.39, 0.29) is 0 Å². The molecule has 3 aromatic heterocycles. The molecule has 0 saturated carbocycles. The van der Waals surface area contributed by atoms with Crippen molar-refractivity contribution in [3.63, 3.8) is 0 Å². The number of para-hydroxylation sites is 4. The number of imidazole rings is 1. The third kappa shape index (κ3) is 3.41. The van der Waals surface area contributed by atoms with Crippen LogP contribution in [0.3, 0.4) is 0 Å². The Morgan fingerprint density at radius 2 is 1.49 bits per heavy atom. The van der Waals surface area contributed by atoms with Crippen molar-refractivity contribution in [3.05, 3.63) is 138 Å². The summed E-state index contributed by atoms with van der Waals surface area (Å²) in [7, 11) is 0. The Morgan fingerprint density at radius 3 is 2.41 bits per heavy atom. The number of hydrogen-bond donors (Lipinski definition) is 0. The van der Waals surface area contributed by atoms with Gasteiger partial charge in [0.1, 0.15) is 6.33 Å². The van der Waals surface area contributed by atoms with Crippen LogP contribution in [0.4, 0.5) is 0 Å². The van der Waals surface area contributed by atoms with Gasteiger partial charge in [-0.25, -0.2) is 4.98 Å². The van der Waals surface area contributed by atoms with E-state index in [4.69, 9.17) is 0 Å². The average Bonchev–Trinajstić information content (AvgIpc) is 3.72. The summed E-state index contributed by atoms with van der Waals surface area (Å²) in [5.74, 6) is 0. The molecule has 194 valence electrons. The second kappa shape index (κ2) is 8.79. The Morgan fingerprint density at radius 1 is 0.659 bits per heavy atom. The molecule has 8 aromatic rings. The van der Waals surface area contributed by atoms with Gasteiger partial charge in [-0.2, -0.15) is 0 Å². The molecule has 0 fully saturated rings. The summed E-state index contributed by atoms with van der Waals surface area (Å²) in [6.07, 6.45) is 6.43. The highest BCUT2D eigenvalue weighted by atomic mass is 32.1. The molecule has 0 atom stereocenters. The third-order valence-electron chi connectivity index (χ3n) is 8.54. The van der Waals surface area contributed by atoms with Gasteiger partial charge in [-0.05, 0) is 84.7 Å². The van der Waals surface area contributed by atoms with Crippen LogP contribution in [-0.2, 0) is 6.42 Å². The lowest BCUT2D eigenvalue weighted by Gasteiger charge is -2.18. The number of aromatic nitrogens is 3. The monoisotopic (exact) mass is 543 g/mol. The summed E-state index contributed by atoms with van der Waals surface area (Å²) in [5.41, 5.74) is 11.3. The van der Waals surface area contributed by atoms with E-state index in [2.05, 4.69) is 129 Å². The molecule has 41 heavy (non-hydrogen) atoms. The highest BCUT2D eigenvalue weighted by molar-refractivity contribution is 7.25. The number of nitrogens with zero attached hydrogens (tertiary/aromatic N) is 3. The van der Waals surface area contributed by atoms with Crippen LogP contribution in [0.1, 0.15) is 23.2 Å². The van der Waals surface area contributed by atoms with Gasteiger partial charge in [-0.1, -0.05) is 60.7 Å². The summed E-state index contributed by atoms with van der Waals surface area (Å²) >= 11 is 1.87. The molecule has 0 aliphatic heterocycles. The minimum absolute atomic E-state index is 1.01. The fourth-order valence-electron chi connectivity index (χ4n) is 6.68. The smallest absolute Gasteiger partial charge is 0.100 e. The molecule has 0 bridgehead atoms. The first-order chi connectivity index (χ1) is 20.3. The number of fused-ring (bicyclic) bond motifs is 7. The SMILES string of the molecule is C1=C(c2ccc3sc4cccc(-n5cnc6ccccc65)c4c3c2)CCc2c1c1ccccc1n2-c1ccccc1. The fourth-order valence-corrected chi connectivity index (χ4v) is 7.79. The third-order valence-corrected chi connectivity index (χ3v) is 9.67. The van der Waals surface area contributed by atoms with E-state index in [1.807, 2.05) is 23.7 Å². The van der Waals surface area contributed by atoms with Gasteiger partial charge in [-0.3, -0.25) is 4.57 Å². The minimum Gasteiger partial charge on any atom is -0.313 e. The molecular weight excluding hydrogens is 518 g/mol. The van der Waals surface area contributed by atoms with Crippen molar-refractivity contribution in [1.82, 2.24) is 14.1 Å². The van der Waals surface area contributed by atoms with Gasteiger partial charge < -0.3 is 4.57 Å². The highest BCUT2D eigenvalue weighted by Gasteiger charge is 2.22. The van der Waals surface area contributed by atoms with Crippen molar-refractivity contribution >= 4 is 65.1 Å². The normalized spacial score (nSPS) is 13.3. The summed E-state index contributed by atoms with van der Waals surface area (Å²) in [4.78, 5) is 4.68. The maximum Gasteiger partial charge on any atom is 0.100 e. The molecule has 3 heterocycles. The summed E-state index contributed by atoms with van der Waals surface area (Å²) in [6.45, 7) is 0. The largest absolute Gasteiger partial charge is 0.313 e. The van der Waals surface area contributed by atoms with Crippen LogP contribution >= 0.6 is 11.3 Å².